The first-order valence-electron chi connectivity index (χ1n) is 8.73. The van der Waals surface area contributed by atoms with Crippen LogP contribution in [0.15, 0.2) is 35.4 Å². The van der Waals surface area contributed by atoms with Crippen LogP contribution in [0.25, 0.3) is 0 Å². The molecule has 0 saturated heterocycles. The molecule has 2 aromatic rings. The minimum Gasteiger partial charge on any atom is -0.266 e. The molecule has 0 aliphatic heterocycles. The fourth-order valence-corrected chi connectivity index (χ4v) is 4.22. The number of carbonyl (C=O) groups excluding carboxylic acids is 1. The van der Waals surface area contributed by atoms with Crippen LogP contribution in [0, 0.1) is 5.92 Å². The first kappa shape index (κ1) is 16.9. The summed E-state index contributed by atoms with van der Waals surface area (Å²) in [4.78, 5) is 14.4. The summed E-state index contributed by atoms with van der Waals surface area (Å²) in [5, 5.41) is 4.09. The van der Waals surface area contributed by atoms with Gasteiger partial charge in [-0.2, -0.15) is 5.10 Å². The number of amides is 1. The van der Waals surface area contributed by atoms with Gasteiger partial charge in [0.15, 0.2) is 0 Å². The quantitative estimate of drug-likeness (QED) is 0.628. The number of aryl methyl sites for hydroxylation is 2. The van der Waals surface area contributed by atoms with Gasteiger partial charge in [-0.1, -0.05) is 44.5 Å². The number of carbonyl (C=O) groups is 1. The maximum atomic E-state index is 12.3. The molecule has 1 aliphatic rings. The van der Waals surface area contributed by atoms with Crippen molar-refractivity contribution in [3.05, 3.63) is 56.8 Å². The van der Waals surface area contributed by atoms with Gasteiger partial charge in [0.2, 0.25) is 0 Å². The van der Waals surface area contributed by atoms with Gasteiger partial charge in [-0.25, -0.2) is 5.43 Å². The Labute approximate surface area is 147 Å². The Hall–Kier alpha value is -1.94. The van der Waals surface area contributed by atoms with Crippen LogP contribution in [-0.2, 0) is 19.3 Å². The van der Waals surface area contributed by atoms with Gasteiger partial charge >= 0.3 is 0 Å². The Morgan fingerprint density at radius 3 is 2.83 bits per heavy atom. The van der Waals surface area contributed by atoms with E-state index in [-0.39, 0.29) is 5.91 Å². The molecule has 1 aromatic heterocycles. The number of nitrogens with one attached hydrogen (secondary N) is 1. The maximum Gasteiger partial charge on any atom is 0.281 e. The van der Waals surface area contributed by atoms with Crippen LogP contribution in [0.2, 0.25) is 0 Å². The van der Waals surface area contributed by atoms with Crippen LogP contribution >= 0.6 is 11.3 Å². The standard InChI is InChI=1S/C20H24N2OS/c1-3-14-5-7-16(8-6-14)13-21-22-20(23)19-12-17-11-15(4-2)9-10-18(17)24-19/h5-8,12-13,15H,3-4,9-11H2,1-2H3,(H,22,23)/b21-13-/t15-/m1/s1. The molecule has 1 aromatic carbocycles. The SMILES string of the molecule is CCc1ccc(/C=N\NC(=O)c2cc3c(s2)CC[C@@H](CC)C3)cc1. The van der Waals surface area contributed by atoms with E-state index in [1.54, 1.807) is 17.6 Å². The molecule has 24 heavy (non-hydrogen) atoms. The Morgan fingerprint density at radius 1 is 1.33 bits per heavy atom. The normalized spacial score (nSPS) is 17.0. The van der Waals surface area contributed by atoms with E-state index < -0.39 is 0 Å². The van der Waals surface area contributed by atoms with Crippen molar-refractivity contribution < 1.29 is 4.79 Å². The Balaban J connectivity index is 1.61. The topological polar surface area (TPSA) is 41.5 Å². The first-order chi connectivity index (χ1) is 11.7. The van der Waals surface area contributed by atoms with Gasteiger partial charge in [0.1, 0.15) is 0 Å². The van der Waals surface area contributed by atoms with Crippen LogP contribution in [0.1, 0.15) is 57.9 Å². The summed E-state index contributed by atoms with van der Waals surface area (Å²) in [6, 6.07) is 10.3. The monoisotopic (exact) mass is 340 g/mol. The molecule has 126 valence electrons. The zero-order valence-corrected chi connectivity index (χ0v) is 15.2. The summed E-state index contributed by atoms with van der Waals surface area (Å²) in [5.74, 6) is 0.663. The van der Waals surface area contributed by atoms with E-state index in [1.807, 2.05) is 12.1 Å². The summed E-state index contributed by atoms with van der Waals surface area (Å²) in [6.45, 7) is 4.38. The maximum absolute atomic E-state index is 12.3. The van der Waals surface area contributed by atoms with Crippen LogP contribution in [0.3, 0.4) is 0 Å². The molecule has 1 heterocycles. The molecule has 0 spiro atoms. The highest BCUT2D eigenvalue weighted by atomic mass is 32.1. The molecule has 0 saturated carbocycles. The average Bonchev–Trinajstić information content (AvgIpc) is 3.05. The molecule has 1 amide bonds. The summed E-state index contributed by atoms with van der Waals surface area (Å²) in [6.07, 6.45) is 7.41. The van der Waals surface area contributed by atoms with Gasteiger partial charge in [0.05, 0.1) is 11.1 Å². The number of nitrogens with zero attached hydrogens (tertiary/aromatic N) is 1. The number of thiophene rings is 1. The number of fused-ring (bicyclic) bond motifs is 1. The van der Waals surface area contributed by atoms with Gasteiger partial charge in [0, 0.05) is 4.88 Å². The second-order valence-electron chi connectivity index (χ2n) is 6.37. The molecule has 0 bridgehead atoms. The zero-order chi connectivity index (χ0) is 16.9. The van der Waals surface area contributed by atoms with E-state index in [0.29, 0.717) is 0 Å². The Morgan fingerprint density at radius 2 is 2.12 bits per heavy atom. The number of hydrazone groups is 1. The lowest BCUT2D eigenvalue weighted by Gasteiger charge is -2.19. The lowest BCUT2D eigenvalue weighted by molar-refractivity contribution is 0.0959. The minimum absolute atomic E-state index is 0.108. The zero-order valence-electron chi connectivity index (χ0n) is 14.3. The van der Waals surface area contributed by atoms with Crippen molar-refractivity contribution in [2.75, 3.05) is 0 Å². The van der Waals surface area contributed by atoms with Crippen molar-refractivity contribution in [3.8, 4) is 0 Å². The lowest BCUT2D eigenvalue weighted by Crippen LogP contribution is -2.16. The molecule has 0 radical (unpaired) electrons. The van der Waals surface area contributed by atoms with Crippen LogP contribution < -0.4 is 5.43 Å². The predicted octanol–water partition coefficient (Wildman–Crippen LogP) is 4.59. The highest BCUT2D eigenvalue weighted by molar-refractivity contribution is 7.14. The van der Waals surface area contributed by atoms with E-state index in [4.69, 9.17) is 0 Å². The predicted molar refractivity (Wildman–Crippen MR) is 101 cm³/mol. The third-order valence-corrected chi connectivity index (χ3v) is 5.99. The van der Waals surface area contributed by atoms with Gasteiger partial charge in [0.25, 0.3) is 5.91 Å². The van der Waals surface area contributed by atoms with E-state index in [1.165, 1.54) is 28.8 Å². The second-order valence-corrected chi connectivity index (χ2v) is 7.51. The Kier molecular flexibility index (Phi) is 5.46. The largest absolute Gasteiger partial charge is 0.281 e. The average molecular weight is 340 g/mol. The van der Waals surface area contributed by atoms with Crippen molar-refractivity contribution in [1.29, 1.82) is 0 Å². The molecule has 0 fully saturated rings. The van der Waals surface area contributed by atoms with E-state index in [2.05, 4.69) is 42.6 Å². The highest BCUT2D eigenvalue weighted by Gasteiger charge is 2.21. The van der Waals surface area contributed by atoms with E-state index >= 15 is 0 Å². The smallest absolute Gasteiger partial charge is 0.266 e. The van der Waals surface area contributed by atoms with Crippen LogP contribution in [0.5, 0.6) is 0 Å². The molecule has 3 nitrogen and oxygen atoms in total. The van der Waals surface area contributed by atoms with Crippen LogP contribution in [-0.4, -0.2) is 12.1 Å². The fraction of sp³-hybridized carbons (Fsp3) is 0.400. The van der Waals surface area contributed by atoms with Gasteiger partial charge in [-0.3, -0.25) is 4.79 Å². The van der Waals surface area contributed by atoms with Gasteiger partial charge in [-0.05, 0) is 54.4 Å². The molecule has 1 N–H and O–H groups in total. The molecular weight excluding hydrogens is 316 g/mol. The third-order valence-electron chi connectivity index (χ3n) is 4.75. The fourth-order valence-electron chi connectivity index (χ4n) is 3.12. The molecular formula is C20H24N2OS. The molecule has 3 rings (SSSR count). The number of benzene rings is 1. The number of hydrogen-bond donors (Lipinski definition) is 1. The summed E-state index contributed by atoms with van der Waals surface area (Å²) < 4.78 is 0. The number of rotatable bonds is 5. The molecule has 1 aliphatic carbocycles. The van der Waals surface area contributed by atoms with Crippen molar-refractivity contribution in [2.24, 2.45) is 11.0 Å². The van der Waals surface area contributed by atoms with Crippen LogP contribution in [0.4, 0.5) is 0 Å². The van der Waals surface area contributed by atoms with Crippen molar-refractivity contribution in [1.82, 2.24) is 5.43 Å². The molecule has 0 unspecified atom stereocenters. The summed E-state index contributed by atoms with van der Waals surface area (Å²) in [5.41, 5.74) is 6.30. The van der Waals surface area contributed by atoms with E-state index in [0.717, 1.165) is 35.6 Å². The van der Waals surface area contributed by atoms with Crippen molar-refractivity contribution in [2.45, 2.75) is 46.0 Å². The lowest BCUT2D eigenvalue weighted by atomic mass is 9.87. The Bertz CT molecular complexity index is 731. The van der Waals surface area contributed by atoms with Crippen molar-refractivity contribution >= 4 is 23.5 Å². The third kappa shape index (κ3) is 3.93. The molecule has 1 atom stereocenters. The first-order valence-corrected chi connectivity index (χ1v) is 9.55. The number of hydrogen-bond acceptors (Lipinski definition) is 3. The van der Waals surface area contributed by atoms with Gasteiger partial charge in [-0.15, -0.1) is 11.3 Å². The summed E-state index contributed by atoms with van der Waals surface area (Å²) >= 11 is 1.62. The minimum atomic E-state index is -0.108. The summed E-state index contributed by atoms with van der Waals surface area (Å²) in [7, 11) is 0. The van der Waals surface area contributed by atoms with E-state index in [9.17, 15) is 4.79 Å². The van der Waals surface area contributed by atoms with Crippen molar-refractivity contribution in [3.63, 3.8) is 0 Å². The highest BCUT2D eigenvalue weighted by Crippen LogP contribution is 2.33. The van der Waals surface area contributed by atoms with Gasteiger partial charge < -0.3 is 0 Å². The second kappa shape index (κ2) is 7.75. The molecule has 4 heteroatoms.